The van der Waals surface area contributed by atoms with Gasteiger partial charge >= 0.3 is 0 Å². The van der Waals surface area contributed by atoms with E-state index in [-0.39, 0.29) is 0 Å². The van der Waals surface area contributed by atoms with Crippen LogP contribution in [0.4, 0.5) is 11.8 Å². The third-order valence-electron chi connectivity index (χ3n) is 4.81. The van der Waals surface area contributed by atoms with E-state index in [0.717, 1.165) is 39.7 Å². The molecule has 0 aliphatic heterocycles. The number of aryl methyl sites for hydroxylation is 1. The Morgan fingerprint density at radius 2 is 2.04 bits per heavy atom. The molecule has 4 rings (SSSR count). The number of nitrogens with zero attached hydrogens (tertiary/aromatic N) is 5. The zero-order valence-electron chi connectivity index (χ0n) is 15.7. The van der Waals surface area contributed by atoms with Crippen molar-refractivity contribution in [1.82, 2.24) is 19.6 Å². The number of fused-ring (bicyclic) bond motifs is 1. The first-order valence-electron chi connectivity index (χ1n) is 9.09. The molecule has 3 heterocycles. The van der Waals surface area contributed by atoms with Gasteiger partial charge in [0.15, 0.2) is 5.82 Å². The van der Waals surface area contributed by atoms with Crippen molar-refractivity contribution in [3.8, 4) is 11.1 Å². The summed E-state index contributed by atoms with van der Waals surface area (Å²) < 4.78 is 1.88. The van der Waals surface area contributed by atoms with Crippen LogP contribution in [0.2, 0.25) is 0 Å². The largest absolute Gasteiger partial charge is 0.350 e. The van der Waals surface area contributed by atoms with Crippen LogP contribution in [0.5, 0.6) is 0 Å². The Kier molecular flexibility index (Phi) is 4.18. The van der Waals surface area contributed by atoms with Gasteiger partial charge in [0.1, 0.15) is 0 Å². The molecule has 3 aromatic heterocycles. The summed E-state index contributed by atoms with van der Waals surface area (Å²) in [5.41, 5.74) is 5.16. The lowest BCUT2D eigenvalue weighted by Gasteiger charge is -2.33. The summed E-state index contributed by atoms with van der Waals surface area (Å²) >= 11 is 0. The van der Waals surface area contributed by atoms with Gasteiger partial charge in [-0.3, -0.25) is 0 Å². The molecule has 0 bridgehead atoms. The molecule has 1 saturated carbocycles. The second-order valence-corrected chi connectivity index (χ2v) is 7.48. The summed E-state index contributed by atoms with van der Waals surface area (Å²) in [6, 6.07) is 4.68. The van der Waals surface area contributed by atoms with E-state index in [2.05, 4.69) is 44.4 Å². The minimum absolute atomic E-state index is 0.499. The van der Waals surface area contributed by atoms with Crippen LogP contribution in [-0.2, 0) is 0 Å². The normalized spacial score (nSPS) is 19.2. The molecule has 26 heavy (non-hydrogen) atoms. The fourth-order valence-corrected chi connectivity index (χ4v) is 3.46. The maximum atomic E-state index is 4.60. The number of aliphatic imine (C=N–C) groups is 1. The van der Waals surface area contributed by atoms with Gasteiger partial charge in [-0.1, -0.05) is 6.92 Å². The van der Waals surface area contributed by atoms with Crippen LogP contribution in [0.15, 0.2) is 35.7 Å². The van der Waals surface area contributed by atoms with E-state index in [0.29, 0.717) is 12.0 Å². The molecule has 0 radical (unpaired) electrons. The predicted octanol–water partition coefficient (Wildman–Crippen LogP) is 4.42. The standard InChI is InChI=1S/C20H24N6/c1-12(2)23-19-14(4)9-15(10-21-19)17-5-6-26-18(17)11-22-20(25-26)24-16-7-13(3)8-16/h5-6,9-11,13,16H,7-8H2,1-4H3,(H,24,25). The molecular formula is C20H24N6. The molecule has 3 aromatic rings. The van der Waals surface area contributed by atoms with Crippen molar-refractivity contribution in [2.45, 2.75) is 46.6 Å². The van der Waals surface area contributed by atoms with Crippen molar-refractivity contribution in [3.05, 3.63) is 36.3 Å². The maximum Gasteiger partial charge on any atom is 0.241 e. The van der Waals surface area contributed by atoms with Crippen molar-refractivity contribution < 1.29 is 0 Å². The number of aromatic nitrogens is 4. The topological polar surface area (TPSA) is 67.5 Å². The summed E-state index contributed by atoms with van der Waals surface area (Å²) in [4.78, 5) is 13.5. The van der Waals surface area contributed by atoms with Crippen LogP contribution in [0, 0.1) is 12.8 Å². The lowest BCUT2D eigenvalue weighted by Crippen LogP contribution is -2.34. The molecule has 0 saturated heterocycles. The van der Waals surface area contributed by atoms with Gasteiger partial charge in [-0.05, 0) is 57.2 Å². The predicted molar refractivity (Wildman–Crippen MR) is 105 cm³/mol. The smallest absolute Gasteiger partial charge is 0.241 e. The molecule has 0 aromatic carbocycles. The maximum absolute atomic E-state index is 4.60. The molecule has 1 aliphatic carbocycles. The lowest BCUT2D eigenvalue weighted by molar-refractivity contribution is 0.307. The van der Waals surface area contributed by atoms with E-state index in [9.17, 15) is 0 Å². The SMILES string of the molecule is CC(C)=Nc1ncc(-c2ccn3nc(NC4CC(C)C4)ncc23)cc1C. The molecule has 6 heteroatoms. The fourth-order valence-electron chi connectivity index (χ4n) is 3.46. The summed E-state index contributed by atoms with van der Waals surface area (Å²) in [5.74, 6) is 2.26. The molecule has 6 nitrogen and oxygen atoms in total. The molecule has 1 N–H and O–H groups in total. The first kappa shape index (κ1) is 16.7. The number of nitrogens with one attached hydrogen (secondary N) is 1. The Bertz CT molecular complexity index is 977. The molecular weight excluding hydrogens is 324 g/mol. The third-order valence-corrected chi connectivity index (χ3v) is 4.81. The van der Waals surface area contributed by atoms with Gasteiger partial charge in [-0.2, -0.15) is 0 Å². The van der Waals surface area contributed by atoms with Crippen LogP contribution >= 0.6 is 0 Å². The fraction of sp³-hybridized carbons (Fsp3) is 0.400. The van der Waals surface area contributed by atoms with Gasteiger partial charge in [0.05, 0.1) is 11.7 Å². The first-order valence-corrected chi connectivity index (χ1v) is 9.09. The van der Waals surface area contributed by atoms with Gasteiger partial charge in [-0.25, -0.2) is 19.5 Å². The number of hydrogen-bond acceptors (Lipinski definition) is 5. The highest BCUT2D eigenvalue weighted by molar-refractivity contribution is 5.83. The lowest BCUT2D eigenvalue weighted by atomic mass is 9.82. The second kappa shape index (κ2) is 6.52. The molecule has 0 spiro atoms. The number of hydrogen-bond donors (Lipinski definition) is 1. The number of rotatable bonds is 4. The summed E-state index contributed by atoms with van der Waals surface area (Å²) in [6.07, 6.45) is 8.10. The van der Waals surface area contributed by atoms with Crippen LogP contribution in [-0.4, -0.2) is 31.3 Å². The average Bonchev–Trinajstić information content (AvgIpc) is 2.98. The van der Waals surface area contributed by atoms with Gasteiger partial charge in [0.2, 0.25) is 5.95 Å². The van der Waals surface area contributed by atoms with Crippen molar-refractivity contribution in [2.75, 3.05) is 5.32 Å². The zero-order valence-corrected chi connectivity index (χ0v) is 15.7. The van der Waals surface area contributed by atoms with E-state index < -0.39 is 0 Å². The van der Waals surface area contributed by atoms with E-state index in [1.54, 1.807) is 0 Å². The van der Waals surface area contributed by atoms with Gasteiger partial charge in [0, 0.05) is 35.3 Å². The molecule has 0 atom stereocenters. The average molecular weight is 348 g/mol. The zero-order chi connectivity index (χ0) is 18.3. The number of pyridine rings is 1. The summed E-state index contributed by atoms with van der Waals surface area (Å²) in [7, 11) is 0. The van der Waals surface area contributed by atoms with E-state index in [1.165, 1.54) is 12.8 Å². The Morgan fingerprint density at radius 3 is 2.73 bits per heavy atom. The molecule has 1 fully saturated rings. The minimum Gasteiger partial charge on any atom is -0.350 e. The molecule has 0 unspecified atom stereocenters. The molecule has 0 amide bonds. The Balaban J connectivity index is 1.63. The minimum atomic E-state index is 0.499. The van der Waals surface area contributed by atoms with Crippen molar-refractivity contribution in [2.24, 2.45) is 10.9 Å². The van der Waals surface area contributed by atoms with Gasteiger partial charge < -0.3 is 5.32 Å². The van der Waals surface area contributed by atoms with E-state index in [1.807, 2.05) is 43.9 Å². The highest BCUT2D eigenvalue weighted by Gasteiger charge is 2.25. The molecule has 1 aliphatic rings. The summed E-state index contributed by atoms with van der Waals surface area (Å²) in [6.45, 7) is 8.26. The van der Waals surface area contributed by atoms with Crippen molar-refractivity contribution in [3.63, 3.8) is 0 Å². The van der Waals surface area contributed by atoms with E-state index >= 15 is 0 Å². The van der Waals surface area contributed by atoms with Crippen LogP contribution in [0.25, 0.3) is 16.6 Å². The van der Waals surface area contributed by atoms with Crippen LogP contribution in [0.1, 0.15) is 39.2 Å². The third kappa shape index (κ3) is 3.19. The Labute approximate surface area is 153 Å². The number of anilines is 1. The van der Waals surface area contributed by atoms with Gasteiger partial charge in [0.25, 0.3) is 0 Å². The van der Waals surface area contributed by atoms with Crippen LogP contribution in [0.3, 0.4) is 0 Å². The first-order chi connectivity index (χ1) is 12.5. The monoisotopic (exact) mass is 348 g/mol. The van der Waals surface area contributed by atoms with Gasteiger partial charge in [-0.15, -0.1) is 5.10 Å². The quantitative estimate of drug-likeness (QED) is 0.709. The van der Waals surface area contributed by atoms with E-state index in [4.69, 9.17) is 0 Å². The Hall–Kier alpha value is -2.76. The highest BCUT2D eigenvalue weighted by atomic mass is 15.3. The Morgan fingerprint density at radius 1 is 1.23 bits per heavy atom. The summed E-state index contributed by atoms with van der Waals surface area (Å²) in [5, 5.41) is 8.01. The second-order valence-electron chi connectivity index (χ2n) is 7.48. The highest BCUT2D eigenvalue weighted by Crippen LogP contribution is 2.30. The molecule has 134 valence electrons. The van der Waals surface area contributed by atoms with Crippen molar-refractivity contribution >= 4 is 23.0 Å². The van der Waals surface area contributed by atoms with Crippen LogP contribution < -0.4 is 5.32 Å². The van der Waals surface area contributed by atoms with Crippen molar-refractivity contribution in [1.29, 1.82) is 0 Å².